The third-order valence-electron chi connectivity index (χ3n) is 3.90. The summed E-state index contributed by atoms with van der Waals surface area (Å²) in [6, 6.07) is 0. The lowest BCUT2D eigenvalue weighted by molar-refractivity contribution is -0.122. The van der Waals surface area contributed by atoms with Crippen LogP contribution in [0.3, 0.4) is 0 Å². The van der Waals surface area contributed by atoms with Gasteiger partial charge >= 0.3 is 0 Å². The van der Waals surface area contributed by atoms with Gasteiger partial charge in [-0.15, -0.1) is 0 Å². The van der Waals surface area contributed by atoms with E-state index in [-0.39, 0.29) is 17.7 Å². The zero-order chi connectivity index (χ0) is 11.5. The van der Waals surface area contributed by atoms with Gasteiger partial charge in [-0.05, 0) is 38.8 Å². The van der Waals surface area contributed by atoms with Crippen LogP contribution in [0.4, 0.5) is 0 Å². The molecular formula is C12H20N2O2. The van der Waals surface area contributed by atoms with Gasteiger partial charge in [0.15, 0.2) is 0 Å². The highest BCUT2D eigenvalue weighted by Crippen LogP contribution is 2.25. The molecular weight excluding hydrogens is 204 g/mol. The normalized spacial score (nSPS) is 31.1. The molecule has 90 valence electrons. The van der Waals surface area contributed by atoms with Crippen LogP contribution in [-0.4, -0.2) is 36.2 Å². The number of carbonyl (C=O) groups is 2. The Balaban J connectivity index is 1.71. The van der Waals surface area contributed by atoms with Crippen molar-refractivity contribution in [2.45, 2.75) is 32.1 Å². The molecule has 1 aliphatic carbocycles. The molecule has 2 fully saturated rings. The first-order valence-electron chi connectivity index (χ1n) is 6.21. The molecule has 0 aromatic heterocycles. The van der Waals surface area contributed by atoms with Gasteiger partial charge in [0.2, 0.25) is 5.91 Å². The van der Waals surface area contributed by atoms with Crippen LogP contribution in [0, 0.1) is 11.8 Å². The first-order valence-corrected chi connectivity index (χ1v) is 6.21. The van der Waals surface area contributed by atoms with Crippen molar-refractivity contribution in [3.05, 3.63) is 0 Å². The Bertz CT molecular complexity index is 291. The maximum absolute atomic E-state index is 11.5. The van der Waals surface area contributed by atoms with E-state index in [2.05, 4.69) is 4.90 Å². The molecule has 2 unspecified atom stereocenters. The molecule has 2 N–H and O–H groups in total. The van der Waals surface area contributed by atoms with Gasteiger partial charge in [-0.1, -0.05) is 0 Å². The van der Waals surface area contributed by atoms with Crippen molar-refractivity contribution in [3.63, 3.8) is 0 Å². The van der Waals surface area contributed by atoms with E-state index < -0.39 is 0 Å². The minimum Gasteiger partial charge on any atom is -0.369 e. The van der Waals surface area contributed by atoms with Gasteiger partial charge in [0.05, 0.1) is 5.92 Å². The summed E-state index contributed by atoms with van der Waals surface area (Å²) >= 11 is 0. The highest BCUT2D eigenvalue weighted by atomic mass is 16.1. The molecule has 4 heteroatoms. The highest BCUT2D eigenvalue weighted by molar-refractivity contribution is 5.82. The predicted molar refractivity (Wildman–Crippen MR) is 60.7 cm³/mol. The topological polar surface area (TPSA) is 63.4 Å². The Hall–Kier alpha value is -0.900. The van der Waals surface area contributed by atoms with Crippen LogP contribution in [0.2, 0.25) is 0 Å². The van der Waals surface area contributed by atoms with Gasteiger partial charge in [-0.25, -0.2) is 0 Å². The van der Waals surface area contributed by atoms with Crippen molar-refractivity contribution in [2.24, 2.45) is 17.6 Å². The van der Waals surface area contributed by atoms with E-state index in [1.54, 1.807) is 0 Å². The SMILES string of the molecule is NC(=O)C1CCN(CCC2CCCC2=O)C1. The fourth-order valence-electron chi connectivity index (χ4n) is 2.80. The first-order chi connectivity index (χ1) is 7.66. The first kappa shape index (κ1) is 11.6. The zero-order valence-corrected chi connectivity index (χ0v) is 9.65. The Labute approximate surface area is 96.2 Å². The van der Waals surface area contributed by atoms with E-state index in [1.165, 1.54) is 0 Å². The van der Waals surface area contributed by atoms with Crippen LogP contribution in [-0.2, 0) is 9.59 Å². The van der Waals surface area contributed by atoms with Crippen LogP contribution in [0.1, 0.15) is 32.1 Å². The number of carbonyl (C=O) groups excluding carboxylic acids is 2. The number of Topliss-reactive ketones (excluding diaryl/α,β-unsaturated/α-hetero) is 1. The van der Waals surface area contributed by atoms with Gasteiger partial charge in [0.25, 0.3) is 0 Å². The molecule has 2 aliphatic rings. The van der Waals surface area contributed by atoms with E-state index in [0.29, 0.717) is 5.78 Å². The number of rotatable bonds is 4. The van der Waals surface area contributed by atoms with Crippen LogP contribution in [0.5, 0.6) is 0 Å². The summed E-state index contributed by atoms with van der Waals surface area (Å²) in [5, 5.41) is 0. The number of hydrogen-bond acceptors (Lipinski definition) is 3. The van der Waals surface area contributed by atoms with Crippen LogP contribution in [0.25, 0.3) is 0 Å². The van der Waals surface area contributed by atoms with Gasteiger partial charge in [0, 0.05) is 18.9 Å². The molecule has 1 amide bonds. The maximum atomic E-state index is 11.5. The molecule has 0 bridgehead atoms. The quantitative estimate of drug-likeness (QED) is 0.758. The molecule has 2 atom stereocenters. The number of amides is 1. The number of nitrogens with two attached hydrogens (primary N) is 1. The third-order valence-corrected chi connectivity index (χ3v) is 3.90. The smallest absolute Gasteiger partial charge is 0.221 e. The number of nitrogens with zero attached hydrogens (tertiary/aromatic N) is 1. The molecule has 1 saturated heterocycles. The largest absolute Gasteiger partial charge is 0.369 e. The van der Waals surface area contributed by atoms with Crippen molar-refractivity contribution in [3.8, 4) is 0 Å². The van der Waals surface area contributed by atoms with E-state index in [4.69, 9.17) is 5.73 Å². The van der Waals surface area contributed by atoms with Gasteiger partial charge in [-0.2, -0.15) is 0 Å². The Morgan fingerprint density at radius 1 is 1.44 bits per heavy atom. The molecule has 0 radical (unpaired) electrons. The average molecular weight is 224 g/mol. The summed E-state index contributed by atoms with van der Waals surface area (Å²) in [4.78, 5) is 24.7. The Morgan fingerprint density at radius 2 is 2.25 bits per heavy atom. The standard InChI is InChI=1S/C12H20N2O2/c13-12(16)10-5-7-14(8-10)6-4-9-2-1-3-11(9)15/h9-10H,1-8H2,(H2,13,16). The number of hydrogen-bond donors (Lipinski definition) is 1. The summed E-state index contributed by atoms with van der Waals surface area (Å²) in [6.45, 7) is 2.69. The lowest BCUT2D eigenvalue weighted by Crippen LogP contribution is -2.29. The minimum atomic E-state index is -0.181. The van der Waals surface area contributed by atoms with Gasteiger partial charge in [-0.3, -0.25) is 9.59 Å². The third kappa shape index (κ3) is 2.61. The summed E-state index contributed by atoms with van der Waals surface area (Å²) in [5.41, 5.74) is 5.28. The fraction of sp³-hybridized carbons (Fsp3) is 0.833. The molecule has 0 aromatic rings. The number of likely N-dealkylation sites (tertiary alicyclic amines) is 1. The van der Waals surface area contributed by atoms with E-state index in [9.17, 15) is 9.59 Å². The van der Waals surface area contributed by atoms with E-state index >= 15 is 0 Å². The maximum Gasteiger partial charge on any atom is 0.221 e. The summed E-state index contributed by atoms with van der Waals surface area (Å²) in [7, 11) is 0. The van der Waals surface area contributed by atoms with Crippen molar-refractivity contribution in [2.75, 3.05) is 19.6 Å². The fourth-order valence-corrected chi connectivity index (χ4v) is 2.80. The molecule has 1 saturated carbocycles. The molecule has 1 heterocycles. The van der Waals surface area contributed by atoms with E-state index in [1.807, 2.05) is 0 Å². The molecule has 4 nitrogen and oxygen atoms in total. The Kier molecular flexibility index (Phi) is 3.59. The molecule has 16 heavy (non-hydrogen) atoms. The second-order valence-electron chi connectivity index (χ2n) is 5.03. The van der Waals surface area contributed by atoms with Crippen LogP contribution >= 0.6 is 0 Å². The van der Waals surface area contributed by atoms with Crippen LogP contribution < -0.4 is 5.73 Å². The van der Waals surface area contributed by atoms with Crippen molar-refractivity contribution >= 4 is 11.7 Å². The summed E-state index contributed by atoms with van der Waals surface area (Å²) in [6.07, 6.45) is 4.74. The lowest BCUT2D eigenvalue weighted by atomic mass is 10.0. The van der Waals surface area contributed by atoms with Crippen molar-refractivity contribution in [1.29, 1.82) is 0 Å². The molecule has 0 spiro atoms. The van der Waals surface area contributed by atoms with Gasteiger partial charge < -0.3 is 10.6 Å². The lowest BCUT2D eigenvalue weighted by Gasteiger charge is -2.17. The summed E-state index contributed by atoms with van der Waals surface area (Å²) in [5.74, 6) is 0.567. The van der Waals surface area contributed by atoms with Crippen molar-refractivity contribution in [1.82, 2.24) is 4.90 Å². The predicted octanol–water partition coefficient (Wildman–Crippen LogP) is 0.553. The molecule has 2 rings (SSSR count). The van der Waals surface area contributed by atoms with Crippen LogP contribution in [0.15, 0.2) is 0 Å². The second kappa shape index (κ2) is 4.95. The second-order valence-corrected chi connectivity index (χ2v) is 5.03. The number of ketones is 1. The minimum absolute atomic E-state index is 0.0271. The van der Waals surface area contributed by atoms with E-state index in [0.717, 1.165) is 51.7 Å². The monoisotopic (exact) mass is 224 g/mol. The zero-order valence-electron chi connectivity index (χ0n) is 9.65. The Morgan fingerprint density at radius 3 is 2.81 bits per heavy atom. The summed E-state index contributed by atoms with van der Waals surface area (Å²) < 4.78 is 0. The molecule has 0 aromatic carbocycles. The highest BCUT2D eigenvalue weighted by Gasteiger charge is 2.29. The number of primary amides is 1. The van der Waals surface area contributed by atoms with Gasteiger partial charge in [0.1, 0.15) is 5.78 Å². The molecule has 1 aliphatic heterocycles. The van der Waals surface area contributed by atoms with Crippen molar-refractivity contribution < 1.29 is 9.59 Å². The average Bonchev–Trinajstić information content (AvgIpc) is 2.83.